The largest absolute Gasteiger partial charge is 0.399 e. The van der Waals surface area contributed by atoms with E-state index in [9.17, 15) is 0 Å². The number of benzene rings is 2. The van der Waals surface area contributed by atoms with Gasteiger partial charge in [-0.25, -0.2) is 4.98 Å². The molecule has 0 aliphatic carbocycles. The summed E-state index contributed by atoms with van der Waals surface area (Å²) < 4.78 is 3.17. The van der Waals surface area contributed by atoms with Gasteiger partial charge in [0, 0.05) is 22.3 Å². The van der Waals surface area contributed by atoms with Crippen LogP contribution in [0.5, 0.6) is 0 Å². The van der Waals surface area contributed by atoms with Gasteiger partial charge in [-0.3, -0.25) is 0 Å². The molecular formula is C15H13BrClN3. The van der Waals surface area contributed by atoms with Crippen molar-refractivity contribution in [3.63, 3.8) is 0 Å². The number of nitrogens with zero attached hydrogens (tertiary/aromatic N) is 2. The molecule has 20 heavy (non-hydrogen) atoms. The molecule has 5 heteroatoms. The lowest BCUT2D eigenvalue weighted by molar-refractivity contribution is 0.796. The van der Waals surface area contributed by atoms with Crippen LogP contribution >= 0.6 is 27.5 Å². The fourth-order valence-corrected chi connectivity index (χ4v) is 2.96. The molecule has 102 valence electrons. The molecule has 0 radical (unpaired) electrons. The molecule has 0 saturated heterocycles. The first-order chi connectivity index (χ1) is 9.60. The molecule has 0 aliphatic rings. The number of hydrogen-bond donors (Lipinski definition) is 1. The molecule has 2 aromatic carbocycles. The average Bonchev–Trinajstić information content (AvgIpc) is 2.75. The number of fused-ring (bicyclic) bond motifs is 1. The number of anilines is 1. The van der Waals surface area contributed by atoms with Crippen molar-refractivity contribution in [1.82, 2.24) is 9.55 Å². The Labute approximate surface area is 130 Å². The Morgan fingerprint density at radius 1 is 1.25 bits per heavy atom. The SMILES string of the molecule is CCn1c(-c2ccc(N)cc2Cl)nc2cc(Br)ccc21. The third-order valence-electron chi connectivity index (χ3n) is 3.26. The van der Waals surface area contributed by atoms with Crippen LogP contribution < -0.4 is 5.73 Å². The molecule has 0 spiro atoms. The van der Waals surface area contributed by atoms with Gasteiger partial charge in [0.05, 0.1) is 16.1 Å². The number of halogens is 2. The minimum absolute atomic E-state index is 0.620. The zero-order chi connectivity index (χ0) is 14.3. The van der Waals surface area contributed by atoms with Crippen LogP contribution in [0.25, 0.3) is 22.4 Å². The van der Waals surface area contributed by atoms with Crippen LogP contribution in [-0.4, -0.2) is 9.55 Å². The van der Waals surface area contributed by atoms with Crippen molar-refractivity contribution >= 4 is 44.3 Å². The summed E-state index contributed by atoms with van der Waals surface area (Å²) in [5.41, 5.74) is 9.35. The summed E-state index contributed by atoms with van der Waals surface area (Å²) >= 11 is 9.79. The fourth-order valence-electron chi connectivity index (χ4n) is 2.34. The first kappa shape index (κ1) is 13.5. The van der Waals surface area contributed by atoms with Gasteiger partial charge in [-0.15, -0.1) is 0 Å². The van der Waals surface area contributed by atoms with Gasteiger partial charge in [-0.05, 0) is 43.3 Å². The fraction of sp³-hybridized carbons (Fsp3) is 0.133. The lowest BCUT2D eigenvalue weighted by Gasteiger charge is -2.08. The molecule has 0 unspecified atom stereocenters. The summed E-state index contributed by atoms with van der Waals surface area (Å²) in [6.07, 6.45) is 0. The van der Waals surface area contributed by atoms with Crippen molar-refractivity contribution in [1.29, 1.82) is 0 Å². The predicted molar refractivity (Wildman–Crippen MR) is 88.0 cm³/mol. The van der Waals surface area contributed by atoms with E-state index in [0.717, 1.165) is 33.4 Å². The van der Waals surface area contributed by atoms with Crippen molar-refractivity contribution in [3.05, 3.63) is 45.9 Å². The lowest BCUT2D eigenvalue weighted by atomic mass is 10.2. The molecule has 0 amide bonds. The molecule has 3 rings (SSSR count). The number of nitrogen functional groups attached to an aromatic ring is 1. The van der Waals surface area contributed by atoms with E-state index >= 15 is 0 Å². The van der Waals surface area contributed by atoms with Crippen molar-refractivity contribution in [2.45, 2.75) is 13.5 Å². The van der Waals surface area contributed by atoms with E-state index in [4.69, 9.17) is 22.3 Å². The van der Waals surface area contributed by atoms with Gasteiger partial charge in [-0.2, -0.15) is 0 Å². The van der Waals surface area contributed by atoms with Gasteiger partial charge in [0.25, 0.3) is 0 Å². The summed E-state index contributed by atoms with van der Waals surface area (Å²) in [5.74, 6) is 0.866. The molecule has 0 fully saturated rings. The van der Waals surface area contributed by atoms with E-state index in [1.807, 2.05) is 24.3 Å². The quantitative estimate of drug-likeness (QED) is 0.680. The van der Waals surface area contributed by atoms with Crippen LogP contribution in [0.1, 0.15) is 6.92 Å². The number of aryl methyl sites for hydroxylation is 1. The van der Waals surface area contributed by atoms with Gasteiger partial charge >= 0.3 is 0 Å². The molecule has 0 saturated carbocycles. The summed E-state index contributed by atoms with van der Waals surface area (Å²) in [4.78, 5) is 4.71. The summed E-state index contributed by atoms with van der Waals surface area (Å²) in [6, 6.07) is 11.6. The lowest BCUT2D eigenvalue weighted by Crippen LogP contribution is -1.98. The van der Waals surface area contributed by atoms with Crippen molar-refractivity contribution in [2.75, 3.05) is 5.73 Å². The second-order valence-electron chi connectivity index (χ2n) is 4.55. The third kappa shape index (κ3) is 2.19. The molecule has 0 atom stereocenters. The highest BCUT2D eigenvalue weighted by Gasteiger charge is 2.14. The Morgan fingerprint density at radius 2 is 2.05 bits per heavy atom. The molecule has 0 bridgehead atoms. The van der Waals surface area contributed by atoms with E-state index in [-0.39, 0.29) is 0 Å². The minimum Gasteiger partial charge on any atom is -0.399 e. The van der Waals surface area contributed by atoms with Crippen LogP contribution in [0.2, 0.25) is 5.02 Å². The zero-order valence-corrected chi connectivity index (χ0v) is 13.2. The van der Waals surface area contributed by atoms with Gasteiger partial charge < -0.3 is 10.3 Å². The van der Waals surface area contributed by atoms with Gasteiger partial charge in [0.15, 0.2) is 0 Å². The molecule has 1 aromatic heterocycles. The normalized spacial score (nSPS) is 11.2. The predicted octanol–water partition coefficient (Wildman–Crippen LogP) is 4.72. The first-order valence-electron chi connectivity index (χ1n) is 6.31. The minimum atomic E-state index is 0.620. The Morgan fingerprint density at radius 3 is 2.75 bits per heavy atom. The summed E-state index contributed by atoms with van der Waals surface area (Å²) in [7, 11) is 0. The standard InChI is InChI=1S/C15H13BrClN3/c1-2-20-14-6-3-9(16)7-13(14)19-15(20)11-5-4-10(18)8-12(11)17/h3-8H,2,18H2,1H3. The smallest absolute Gasteiger partial charge is 0.142 e. The topological polar surface area (TPSA) is 43.8 Å². The highest BCUT2D eigenvalue weighted by Crippen LogP contribution is 2.32. The van der Waals surface area contributed by atoms with Crippen LogP contribution in [0.3, 0.4) is 0 Å². The van der Waals surface area contributed by atoms with Gasteiger partial charge in [0.2, 0.25) is 0 Å². The van der Waals surface area contributed by atoms with E-state index in [0.29, 0.717) is 10.7 Å². The number of nitrogens with two attached hydrogens (primary N) is 1. The summed E-state index contributed by atoms with van der Waals surface area (Å²) in [5, 5.41) is 0.620. The number of hydrogen-bond acceptors (Lipinski definition) is 2. The highest BCUT2D eigenvalue weighted by atomic mass is 79.9. The maximum Gasteiger partial charge on any atom is 0.142 e. The van der Waals surface area contributed by atoms with Crippen LogP contribution in [0.4, 0.5) is 5.69 Å². The van der Waals surface area contributed by atoms with Crippen molar-refractivity contribution in [2.24, 2.45) is 0 Å². The second-order valence-corrected chi connectivity index (χ2v) is 5.87. The zero-order valence-electron chi connectivity index (χ0n) is 10.9. The van der Waals surface area contributed by atoms with E-state index in [1.54, 1.807) is 6.07 Å². The summed E-state index contributed by atoms with van der Waals surface area (Å²) in [6.45, 7) is 2.92. The maximum atomic E-state index is 6.31. The average molecular weight is 351 g/mol. The van der Waals surface area contributed by atoms with E-state index in [1.165, 1.54) is 0 Å². The molecule has 0 aliphatic heterocycles. The van der Waals surface area contributed by atoms with Crippen LogP contribution in [0, 0.1) is 0 Å². The monoisotopic (exact) mass is 349 g/mol. The van der Waals surface area contributed by atoms with Crippen LogP contribution in [0.15, 0.2) is 40.9 Å². The maximum absolute atomic E-state index is 6.31. The molecule has 2 N–H and O–H groups in total. The van der Waals surface area contributed by atoms with Crippen molar-refractivity contribution < 1.29 is 0 Å². The molecular weight excluding hydrogens is 338 g/mol. The van der Waals surface area contributed by atoms with Crippen molar-refractivity contribution in [3.8, 4) is 11.4 Å². The number of aromatic nitrogens is 2. The Kier molecular flexibility index (Phi) is 3.44. The Balaban J connectivity index is 2.30. The Hall–Kier alpha value is -1.52. The highest BCUT2D eigenvalue weighted by molar-refractivity contribution is 9.10. The number of rotatable bonds is 2. The molecule has 1 heterocycles. The molecule has 3 nitrogen and oxygen atoms in total. The first-order valence-corrected chi connectivity index (χ1v) is 7.48. The third-order valence-corrected chi connectivity index (χ3v) is 4.07. The number of imidazole rings is 1. The van der Waals surface area contributed by atoms with Crippen LogP contribution in [-0.2, 0) is 6.54 Å². The second kappa shape index (κ2) is 5.11. The van der Waals surface area contributed by atoms with E-state index < -0.39 is 0 Å². The van der Waals surface area contributed by atoms with E-state index in [2.05, 4.69) is 33.5 Å². The van der Waals surface area contributed by atoms with Gasteiger partial charge in [-0.1, -0.05) is 27.5 Å². The molecule has 3 aromatic rings. The van der Waals surface area contributed by atoms with Gasteiger partial charge in [0.1, 0.15) is 5.82 Å². The Bertz CT molecular complexity index is 795.